The highest BCUT2D eigenvalue weighted by atomic mass is 16.3. The van der Waals surface area contributed by atoms with Crippen molar-refractivity contribution in [2.24, 2.45) is 17.0 Å². The van der Waals surface area contributed by atoms with Crippen LogP contribution in [-0.2, 0) is 0 Å². The van der Waals surface area contributed by atoms with Crippen molar-refractivity contribution >= 4 is 0 Å². The van der Waals surface area contributed by atoms with E-state index in [2.05, 4.69) is 32.9 Å². The minimum Gasteiger partial charge on any atom is -0.150 e. The van der Waals surface area contributed by atoms with E-state index in [9.17, 15) is 4.91 Å². The monoisotopic (exact) mass is 269 g/mol. The molecule has 2 unspecified atom stereocenters. The quantitative estimate of drug-likeness (QED) is 0.283. The molecule has 0 fully saturated rings. The lowest BCUT2D eigenvalue weighted by Crippen LogP contribution is -2.27. The zero-order chi connectivity index (χ0) is 14.5. The Hall–Kier alpha value is -0.400. The van der Waals surface area contributed by atoms with Gasteiger partial charge >= 0.3 is 0 Å². The molecule has 2 heteroatoms. The Bertz CT molecular complexity index is 187. The smallest absolute Gasteiger partial charge is 0.0975 e. The SMILES string of the molecule is CCCCCC(CC)C(N=O)C(CC)CCCCC. The van der Waals surface area contributed by atoms with Gasteiger partial charge in [-0.25, -0.2) is 0 Å². The summed E-state index contributed by atoms with van der Waals surface area (Å²) in [4.78, 5) is 11.3. The third-order valence-corrected chi connectivity index (χ3v) is 4.49. The predicted octanol–water partition coefficient (Wildman–Crippen LogP) is 6.33. The van der Waals surface area contributed by atoms with Gasteiger partial charge in [-0.15, -0.1) is 0 Å². The van der Waals surface area contributed by atoms with Crippen LogP contribution in [0.2, 0.25) is 0 Å². The van der Waals surface area contributed by atoms with Crippen molar-refractivity contribution in [2.45, 2.75) is 97.9 Å². The summed E-state index contributed by atoms with van der Waals surface area (Å²) in [6.45, 7) is 8.90. The maximum atomic E-state index is 11.3. The van der Waals surface area contributed by atoms with Crippen molar-refractivity contribution in [1.29, 1.82) is 0 Å². The molecule has 0 spiro atoms. The van der Waals surface area contributed by atoms with E-state index in [1.54, 1.807) is 0 Å². The molecule has 0 aliphatic heterocycles. The van der Waals surface area contributed by atoms with Gasteiger partial charge in [-0.05, 0) is 24.7 Å². The van der Waals surface area contributed by atoms with E-state index < -0.39 is 0 Å². The number of unbranched alkanes of at least 4 members (excludes halogenated alkanes) is 4. The molecule has 0 rings (SSSR count). The third kappa shape index (κ3) is 7.69. The van der Waals surface area contributed by atoms with Crippen LogP contribution >= 0.6 is 0 Å². The van der Waals surface area contributed by atoms with Crippen molar-refractivity contribution in [2.75, 3.05) is 0 Å². The third-order valence-electron chi connectivity index (χ3n) is 4.49. The lowest BCUT2D eigenvalue weighted by molar-refractivity contribution is 0.258. The number of hydrogen-bond donors (Lipinski definition) is 0. The Morgan fingerprint density at radius 2 is 1.16 bits per heavy atom. The maximum Gasteiger partial charge on any atom is 0.0975 e. The number of nitroso groups, excluding NO2 is 1. The lowest BCUT2D eigenvalue weighted by Gasteiger charge is -2.27. The summed E-state index contributed by atoms with van der Waals surface area (Å²) < 4.78 is 0. The molecule has 114 valence electrons. The van der Waals surface area contributed by atoms with Crippen LogP contribution in [0.25, 0.3) is 0 Å². The van der Waals surface area contributed by atoms with Gasteiger partial charge in [-0.2, -0.15) is 4.91 Å². The molecule has 0 bridgehead atoms. The first kappa shape index (κ1) is 18.6. The summed E-state index contributed by atoms with van der Waals surface area (Å²) in [6, 6.07) is 0.0590. The first-order chi connectivity index (χ1) is 9.24. The van der Waals surface area contributed by atoms with Gasteiger partial charge in [0, 0.05) is 0 Å². The minimum atomic E-state index is 0.0590. The Morgan fingerprint density at radius 3 is 1.42 bits per heavy atom. The molecule has 0 aliphatic carbocycles. The van der Waals surface area contributed by atoms with Gasteiger partial charge in [0.15, 0.2) is 0 Å². The second-order valence-corrected chi connectivity index (χ2v) is 5.92. The van der Waals surface area contributed by atoms with E-state index in [-0.39, 0.29) is 6.04 Å². The molecule has 0 saturated heterocycles. The van der Waals surface area contributed by atoms with Gasteiger partial charge in [-0.1, -0.05) is 84.2 Å². The molecule has 2 atom stereocenters. The van der Waals surface area contributed by atoms with Gasteiger partial charge in [-0.3, -0.25) is 0 Å². The number of hydrogen-bond acceptors (Lipinski definition) is 2. The van der Waals surface area contributed by atoms with E-state index in [0.717, 1.165) is 12.8 Å². The molecule has 2 nitrogen and oxygen atoms in total. The first-order valence-corrected chi connectivity index (χ1v) is 8.57. The molecule has 0 aromatic rings. The minimum absolute atomic E-state index is 0.0590. The van der Waals surface area contributed by atoms with Gasteiger partial charge in [0.2, 0.25) is 0 Å². The van der Waals surface area contributed by atoms with Crippen LogP contribution in [0.1, 0.15) is 91.9 Å². The Kier molecular flexibility index (Phi) is 12.4. The number of nitrogens with zero attached hydrogens (tertiary/aromatic N) is 1. The summed E-state index contributed by atoms with van der Waals surface area (Å²) in [5.74, 6) is 1.02. The lowest BCUT2D eigenvalue weighted by atomic mass is 9.80. The van der Waals surface area contributed by atoms with E-state index in [1.165, 1.54) is 51.4 Å². The Balaban J connectivity index is 4.38. The average molecular weight is 269 g/mol. The highest BCUT2D eigenvalue weighted by molar-refractivity contribution is 4.82. The Morgan fingerprint density at radius 1 is 0.737 bits per heavy atom. The summed E-state index contributed by atoms with van der Waals surface area (Å²) in [5, 5.41) is 3.54. The van der Waals surface area contributed by atoms with E-state index >= 15 is 0 Å². The fourth-order valence-corrected chi connectivity index (χ4v) is 3.10. The second kappa shape index (κ2) is 12.6. The Labute approximate surface area is 120 Å². The molecule has 0 radical (unpaired) electrons. The summed E-state index contributed by atoms with van der Waals surface area (Å²) >= 11 is 0. The van der Waals surface area contributed by atoms with Gasteiger partial charge in [0.05, 0.1) is 6.04 Å². The van der Waals surface area contributed by atoms with Crippen molar-refractivity contribution in [3.63, 3.8) is 0 Å². The summed E-state index contributed by atoms with van der Waals surface area (Å²) in [6.07, 6.45) is 12.2. The highest BCUT2D eigenvalue weighted by Crippen LogP contribution is 2.30. The fourth-order valence-electron chi connectivity index (χ4n) is 3.10. The molecular formula is C17H35NO. The second-order valence-electron chi connectivity index (χ2n) is 5.92. The molecule has 0 aromatic carbocycles. The molecule has 0 aromatic heterocycles. The van der Waals surface area contributed by atoms with Crippen LogP contribution in [0.15, 0.2) is 5.18 Å². The van der Waals surface area contributed by atoms with Crippen molar-refractivity contribution in [1.82, 2.24) is 0 Å². The largest absolute Gasteiger partial charge is 0.150 e. The van der Waals surface area contributed by atoms with Crippen LogP contribution in [0, 0.1) is 16.7 Å². The molecular weight excluding hydrogens is 234 g/mol. The van der Waals surface area contributed by atoms with E-state index in [1.807, 2.05) is 0 Å². The zero-order valence-electron chi connectivity index (χ0n) is 13.7. The first-order valence-electron chi connectivity index (χ1n) is 8.57. The van der Waals surface area contributed by atoms with Crippen LogP contribution < -0.4 is 0 Å². The van der Waals surface area contributed by atoms with Crippen LogP contribution in [0.4, 0.5) is 0 Å². The molecule has 0 amide bonds. The summed E-state index contributed by atoms with van der Waals surface area (Å²) in [5.41, 5.74) is 0. The molecule has 0 heterocycles. The predicted molar refractivity (Wildman–Crippen MR) is 85.4 cm³/mol. The molecule has 0 N–H and O–H groups in total. The van der Waals surface area contributed by atoms with Gasteiger partial charge < -0.3 is 0 Å². The molecule has 0 saturated carbocycles. The maximum absolute atomic E-state index is 11.3. The molecule has 19 heavy (non-hydrogen) atoms. The van der Waals surface area contributed by atoms with Crippen LogP contribution in [0.5, 0.6) is 0 Å². The topological polar surface area (TPSA) is 29.4 Å². The normalized spacial score (nSPS) is 16.0. The van der Waals surface area contributed by atoms with Crippen LogP contribution in [-0.4, -0.2) is 6.04 Å². The van der Waals surface area contributed by atoms with Crippen molar-refractivity contribution < 1.29 is 0 Å². The van der Waals surface area contributed by atoms with E-state index in [4.69, 9.17) is 0 Å². The summed E-state index contributed by atoms with van der Waals surface area (Å²) in [7, 11) is 0. The van der Waals surface area contributed by atoms with E-state index in [0.29, 0.717) is 11.8 Å². The van der Waals surface area contributed by atoms with Crippen molar-refractivity contribution in [3.8, 4) is 0 Å². The van der Waals surface area contributed by atoms with Crippen LogP contribution in [0.3, 0.4) is 0 Å². The molecule has 0 aliphatic rings. The zero-order valence-corrected chi connectivity index (χ0v) is 13.7. The fraction of sp³-hybridized carbons (Fsp3) is 1.00. The standard InChI is InChI=1S/C17H35NO/c1-5-9-11-13-15(7-3)17(18-19)16(8-4)14-12-10-6-2/h15-17H,5-14H2,1-4H3. The van der Waals surface area contributed by atoms with Gasteiger partial charge in [0.1, 0.15) is 0 Å². The van der Waals surface area contributed by atoms with Gasteiger partial charge in [0.25, 0.3) is 0 Å². The number of rotatable bonds is 13. The average Bonchev–Trinajstić information content (AvgIpc) is 2.44. The highest BCUT2D eigenvalue weighted by Gasteiger charge is 2.27. The van der Waals surface area contributed by atoms with Crippen molar-refractivity contribution in [3.05, 3.63) is 4.91 Å².